The molecule has 0 saturated heterocycles. The van der Waals surface area contributed by atoms with Crippen molar-refractivity contribution in [2.75, 3.05) is 0 Å². The van der Waals surface area contributed by atoms with Crippen LogP contribution in [-0.4, -0.2) is 20.0 Å². The summed E-state index contributed by atoms with van der Waals surface area (Å²) in [6.45, 7) is 3.93. The van der Waals surface area contributed by atoms with Gasteiger partial charge in [-0.05, 0) is 25.3 Å². The Hall–Kier alpha value is -1.95. The third kappa shape index (κ3) is 1.65. The van der Waals surface area contributed by atoms with E-state index in [0.717, 1.165) is 21.8 Å². The Morgan fingerprint density at radius 3 is 2.61 bits per heavy atom. The number of rotatable bonds is 2. The Balaban J connectivity index is 2.08. The highest BCUT2D eigenvalue weighted by molar-refractivity contribution is 7.13. The summed E-state index contributed by atoms with van der Waals surface area (Å²) in [4.78, 5) is 0.980. The Morgan fingerprint density at radius 2 is 2.00 bits per heavy atom. The molecule has 0 bridgehead atoms. The van der Waals surface area contributed by atoms with Gasteiger partial charge in [-0.2, -0.15) is 5.10 Å². The van der Waals surface area contributed by atoms with Crippen LogP contribution < -0.4 is 0 Å². The highest BCUT2D eigenvalue weighted by Crippen LogP contribution is 2.29. The first-order valence-corrected chi connectivity index (χ1v) is 6.42. The van der Waals surface area contributed by atoms with E-state index in [1.165, 1.54) is 0 Å². The van der Waals surface area contributed by atoms with Gasteiger partial charge in [0.2, 0.25) is 0 Å². The van der Waals surface area contributed by atoms with Crippen molar-refractivity contribution >= 4 is 11.3 Å². The van der Waals surface area contributed by atoms with Crippen LogP contribution in [-0.2, 0) is 7.05 Å². The highest BCUT2D eigenvalue weighted by atomic mass is 32.1. The van der Waals surface area contributed by atoms with Gasteiger partial charge in [0.1, 0.15) is 0 Å². The lowest BCUT2D eigenvalue weighted by Crippen LogP contribution is -1.92. The maximum atomic E-state index is 5.72. The van der Waals surface area contributed by atoms with E-state index in [-0.39, 0.29) is 0 Å². The Morgan fingerprint density at radius 1 is 1.22 bits per heavy atom. The van der Waals surface area contributed by atoms with Crippen molar-refractivity contribution in [2.24, 2.45) is 7.05 Å². The van der Waals surface area contributed by atoms with E-state index in [2.05, 4.69) is 15.3 Å². The van der Waals surface area contributed by atoms with Gasteiger partial charge < -0.3 is 4.42 Å². The van der Waals surface area contributed by atoms with E-state index in [1.807, 2.05) is 43.1 Å². The highest BCUT2D eigenvalue weighted by Gasteiger charge is 2.18. The first kappa shape index (κ1) is 11.2. The van der Waals surface area contributed by atoms with E-state index >= 15 is 0 Å². The fourth-order valence-corrected chi connectivity index (χ4v) is 2.55. The molecule has 6 heteroatoms. The molecule has 3 rings (SSSR count). The lowest BCUT2D eigenvalue weighted by Gasteiger charge is -1.95. The maximum absolute atomic E-state index is 5.72. The lowest BCUT2D eigenvalue weighted by molar-refractivity contribution is 0.585. The Bertz CT molecular complexity index is 681. The van der Waals surface area contributed by atoms with Crippen LogP contribution in [0.15, 0.2) is 21.9 Å². The molecule has 0 aromatic carbocycles. The van der Waals surface area contributed by atoms with Gasteiger partial charge in [0.15, 0.2) is 0 Å². The molecule has 0 aliphatic carbocycles. The molecule has 0 saturated carbocycles. The number of thiophene rings is 1. The quantitative estimate of drug-likeness (QED) is 0.711. The normalized spacial score (nSPS) is 11.1. The second-order valence-corrected chi connectivity index (χ2v) is 5.01. The monoisotopic (exact) mass is 260 g/mol. The van der Waals surface area contributed by atoms with Crippen molar-refractivity contribution in [3.8, 4) is 22.2 Å². The van der Waals surface area contributed by atoms with Crippen molar-refractivity contribution in [1.82, 2.24) is 20.0 Å². The summed E-state index contributed by atoms with van der Waals surface area (Å²) < 4.78 is 7.54. The summed E-state index contributed by atoms with van der Waals surface area (Å²) in [6.07, 6.45) is 0. The lowest BCUT2D eigenvalue weighted by atomic mass is 10.2. The van der Waals surface area contributed by atoms with Crippen LogP contribution in [0.5, 0.6) is 0 Å². The van der Waals surface area contributed by atoms with Gasteiger partial charge >= 0.3 is 0 Å². The Labute approximate surface area is 108 Å². The first-order chi connectivity index (χ1) is 8.66. The zero-order valence-electron chi connectivity index (χ0n) is 10.3. The van der Waals surface area contributed by atoms with Gasteiger partial charge in [-0.1, -0.05) is 6.07 Å². The standard InChI is InChI=1S/C12H12N4OS/c1-7-10(8(2)16(3)15-7)12-14-13-11(17-12)9-5-4-6-18-9/h4-6H,1-3H3. The van der Waals surface area contributed by atoms with Crippen LogP contribution in [0.25, 0.3) is 22.2 Å². The Kier molecular flexibility index (Phi) is 2.52. The van der Waals surface area contributed by atoms with E-state index in [9.17, 15) is 0 Å². The van der Waals surface area contributed by atoms with Crippen molar-refractivity contribution in [3.05, 3.63) is 28.9 Å². The minimum absolute atomic E-state index is 0.529. The van der Waals surface area contributed by atoms with Gasteiger partial charge in [0, 0.05) is 12.7 Å². The number of hydrogen-bond acceptors (Lipinski definition) is 5. The number of aryl methyl sites for hydroxylation is 2. The van der Waals surface area contributed by atoms with Gasteiger partial charge in [0.25, 0.3) is 11.8 Å². The van der Waals surface area contributed by atoms with Crippen LogP contribution in [0, 0.1) is 13.8 Å². The minimum Gasteiger partial charge on any atom is -0.415 e. The molecule has 0 atom stereocenters. The molecule has 18 heavy (non-hydrogen) atoms. The molecule has 0 aliphatic rings. The van der Waals surface area contributed by atoms with E-state index in [1.54, 1.807) is 11.3 Å². The van der Waals surface area contributed by atoms with Gasteiger partial charge in [-0.15, -0.1) is 21.5 Å². The van der Waals surface area contributed by atoms with Gasteiger partial charge in [-0.3, -0.25) is 4.68 Å². The average Bonchev–Trinajstić information content (AvgIpc) is 3.01. The largest absolute Gasteiger partial charge is 0.415 e. The maximum Gasteiger partial charge on any atom is 0.258 e. The molecule has 0 spiro atoms. The molecule has 5 nitrogen and oxygen atoms in total. The number of nitrogens with zero attached hydrogens (tertiary/aromatic N) is 4. The van der Waals surface area contributed by atoms with Crippen LogP contribution in [0.1, 0.15) is 11.4 Å². The van der Waals surface area contributed by atoms with Crippen LogP contribution in [0.3, 0.4) is 0 Å². The predicted octanol–water partition coefficient (Wildman–Crippen LogP) is 2.82. The molecular weight excluding hydrogens is 248 g/mol. The first-order valence-electron chi connectivity index (χ1n) is 5.55. The third-order valence-electron chi connectivity index (χ3n) is 2.88. The molecule has 0 aliphatic heterocycles. The summed E-state index contributed by atoms with van der Waals surface area (Å²) in [7, 11) is 1.91. The van der Waals surface area contributed by atoms with Crippen molar-refractivity contribution in [3.63, 3.8) is 0 Å². The van der Waals surface area contributed by atoms with E-state index < -0.39 is 0 Å². The van der Waals surface area contributed by atoms with Gasteiger partial charge in [0.05, 0.1) is 16.1 Å². The zero-order valence-corrected chi connectivity index (χ0v) is 11.2. The topological polar surface area (TPSA) is 56.7 Å². The molecule has 0 fully saturated rings. The molecule has 0 radical (unpaired) electrons. The summed E-state index contributed by atoms with van der Waals surface area (Å²) in [5.74, 6) is 1.09. The van der Waals surface area contributed by atoms with Crippen LogP contribution in [0.2, 0.25) is 0 Å². The van der Waals surface area contributed by atoms with Crippen LogP contribution >= 0.6 is 11.3 Å². The third-order valence-corrected chi connectivity index (χ3v) is 3.74. The SMILES string of the molecule is Cc1nn(C)c(C)c1-c1nnc(-c2cccs2)o1. The minimum atomic E-state index is 0.529. The van der Waals surface area contributed by atoms with Gasteiger partial charge in [-0.25, -0.2) is 0 Å². The fraction of sp³-hybridized carbons (Fsp3) is 0.250. The van der Waals surface area contributed by atoms with E-state index in [4.69, 9.17) is 4.42 Å². The molecular formula is C12H12N4OS. The number of aromatic nitrogens is 4. The fourth-order valence-electron chi connectivity index (χ4n) is 1.91. The van der Waals surface area contributed by atoms with Crippen molar-refractivity contribution < 1.29 is 4.42 Å². The predicted molar refractivity (Wildman–Crippen MR) is 69.3 cm³/mol. The molecule has 3 heterocycles. The molecule has 92 valence electrons. The smallest absolute Gasteiger partial charge is 0.258 e. The average molecular weight is 260 g/mol. The molecule has 3 aromatic rings. The van der Waals surface area contributed by atoms with Crippen LogP contribution in [0.4, 0.5) is 0 Å². The summed E-state index contributed by atoms with van der Waals surface area (Å²) in [5.41, 5.74) is 2.85. The molecule has 3 aromatic heterocycles. The molecule has 0 N–H and O–H groups in total. The molecule has 0 amide bonds. The van der Waals surface area contributed by atoms with Crippen molar-refractivity contribution in [1.29, 1.82) is 0 Å². The van der Waals surface area contributed by atoms with E-state index in [0.29, 0.717) is 11.8 Å². The number of hydrogen-bond donors (Lipinski definition) is 0. The summed E-state index contributed by atoms with van der Waals surface area (Å²) in [5, 5.41) is 14.5. The second-order valence-electron chi connectivity index (χ2n) is 4.06. The summed E-state index contributed by atoms with van der Waals surface area (Å²) in [6, 6.07) is 3.93. The second kappa shape index (κ2) is 4.06. The van der Waals surface area contributed by atoms with Crippen molar-refractivity contribution in [2.45, 2.75) is 13.8 Å². The zero-order chi connectivity index (χ0) is 12.7. The molecule has 0 unspecified atom stereocenters. The summed E-state index contributed by atoms with van der Waals surface area (Å²) >= 11 is 1.58.